The van der Waals surface area contributed by atoms with Gasteiger partial charge < -0.3 is 5.73 Å². The number of hydrogen-bond acceptors (Lipinski definition) is 3. The molecule has 1 aromatic rings. The number of rotatable bonds is 2. The summed E-state index contributed by atoms with van der Waals surface area (Å²) >= 11 is 0. The third-order valence-electron chi connectivity index (χ3n) is 1.21. The number of aromatic amines is 1. The second kappa shape index (κ2) is 2.62. The first kappa shape index (κ1) is 6.95. The lowest BCUT2D eigenvalue weighted by molar-refractivity contribution is 0.101. The van der Waals surface area contributed by atoms with E-state index in [4.69, 9.17) is 5.73 Å². The first-order valence-corrected chi connectivity index (χ1v) is 2.99. The summed E-state index contributed by atoms with van der Waals surface area (Å²) in [6.07, 6.45) is 0. The molecule has 10 heavy (non-hydrogen) atoms. The number of carbonyl (C=O) groups is 1. The van der Waals surface area contributed by atoms with Gasteiger partial charge in [0.25, 0.3) is 0 Å². The Hall–Kier alpha value is -1.16. The number of H-pyrrole nitrogens is 1. The normalized spacial score (nSPS) is 9.80. The monoisotopic (exact) mass is 139 g/mol. The van der Waals surface area contributed by atoms with Gasteiger partial charge in [0, 0.05) is 19.2 Å². The smallest absolute Gasteiger partial charge is 0.179 e. The molecule has 0 aliphatic heterocycles. The molecule has 0 unspecified atom stereocenters. The minimum absolute atomic E-state index is 0.0454. The molecule has 0 atom stereocenters. The highest BCUT2D eigenvalue weighted by Crippen LogP contribution is 1.98. The zero-order valence-corrected chi connectivity index (χ0v) is 5.72. The lowest BCUT2D eigenvalue weighted by Gasteiger charge is -1.81. The van der Waals surface area contributed by atoms with Crippen molar-refractivity contribution >= 4 is 5.78 Å². The molecule has 0 bridgehead atoms. The molecule has 0 radical (unpaired) electrons. The van der Waals surface area contributed by atoms with Crippen LogP contribution in [0.3, 0.4) is 0 Å². The number of nitrogens with two attached hydrogens (primary N) is 1. The molecule has 0 fully saturated rings. The van der Waals surface area contributed by atoms with Gasteiger partial charge in [-0.25, -0.2) is 0 Å². The van der Waals surface area contributed by atoms with Crippen molar-refractivity contribution in [2.24, 2.45) is 5.73 Å². The number of hydrogen-bond donors (Lipinski definition) is 2. The molecule has 0 spiro atoms. The molecule has 0 aliphatic rings. The Balaban J connectivity index is 2.88. The van der Waals surface area contributed by atoms with Crippen molar-refractivity contribution < 1.29 is 4.79 Å². The number of carbonyl (C=O) groups excluding carboxylic acids is 1. The van der Waals surface area contributed by atoms with Crippen LogP contribution in [0.4, 0.5) is 0 Å². The molecule has 4 nitrogen and oxygen atoms in total. The van der Waals surface area contributed by atoms with E-state index in [1.807, 2.05) is 0 Å². The van der Waals surface area contributed by atoms with E-state index in [0.717, 1.165) is 5.69 Å². The van der Waals surface area contributed by atoms with Crippen LogP contribution in [-0.2, 0) is 6.54 Å². The second-order valence-electron chi connectivity index (χ2n) is 2.04. The predicted octanol–water partition coefficient (Wildman–Crippen LogP) is 0.0710. The Morgan fingerprint density at radius 3 is 2.90 bits per heavy atom. The first-order chi connectivity index (χ1) is 4.74. The third-order valence-corrected chi connectivity index (χ3v) is 1.21. The summed E-state index contributed by atoms with van der Waals surface area (Å²) < 4.78 is 0. The van der Waals surface area contributed by atoms with Crippen LogP contribution in [0.15, 0.2) is 6.07 Å². The van der Waals surface area contributed by atoms with Crippen LogP contribution in [0.2, 0.25) is 0 Å². The maximum atomic E-state index is 10.7. The zero-order chi connectivity index (χ0) is 7.56. The fourth-order valence-corrected chi connectivity index (χ4v) is 0.647. The Labute approximate surface area is 58.4 Å². The summed E-state index contributed by atoms with van der Waals surface area (Å²) in [5.41, 5.74) is 6.51. The molecule has 1 rings (SSSR count). The summed E-state index contributed by atoms with van der Waals surface area (Å²) in [5.74, 6) is -0.0454. The van der Waals surface area contributed by atoms with Gasteiger partial charge in [0.1, 0.15) is 5.69 Å². The van der Waals surface area contributed by atoms with E-state index < -0.39 is 0 Å². The Kier molecular flexibility index (Phi) is 1.82. The standard InChI is InChI=1S/C6H9N3O/c1-4(10)6-2-5(3-7)8-9-6/h2H,3,7H2,1H3,(H,8,9). The van der Waals surface area contributed by atoms with Gasteiger partial charge in [-0.3, -0.25) is 9.89 Å². The van der Waals surface area contributed by atoms with E-state index in [-0.39, 0.29) is 5.78 Å². The van der Waals surface area contributed by atoms with E-state index >= 15 is 0 Å². The van der Waals surface area contributed by atoms with Crippen molar-refractivity contribution in [3.63, 3.8) is 0 Å². The van der Waals surface area contributed by atoms with Gasteiger partial charge in [0.15, 0.2) is 5.78 Å². The fraction of sp³-hybridized carbons (Fsp3) is 0.333. The minimum Gasteiger partial charge on any atom is -0.325 e. The zero-order valence-electron chi connectivity index (χ0n) is 5.72. The SMILES string of the molecule is CC(=O)c1cc(CN)[nH]n1. The molecule has 3 N–H and O–H groups in total. The Morgan fingerprint density at radius 1 is 1.90 bits per heavy atom. The van der Waals surface area contributed by atoms with Crippen molar-refractivity contribution in [2.75, 3.05) is 0 Å². The maximum absolute atomic E-state index is 10.7. The van der Waals surface area contributed by atoms with Crippen LogP contribution in [0.25, 0.3) is 0 Å². The molecule has 0 aliphatic carbocycles. The minimum atomic E-state index is -0.0454. The van der Waals surface area contributed by atoms with E-state index in [1.54, 1.807) is 6.07 Å². The van der Waals surface area contributed by atoms with Crippen molar-refractivity contribution in [3.8, 4) is 0 Å². The highest BCUT2D eigenvalue weighted by Gasteiger charge is 2.02. The maximum Gasteiger partial charge on any atom is 0.179 e. The number of nitrogens with one attached hydrogen (secondary N) is 1. The van der Waals surface area contributed by atoms with Crippen LogP contribution < -0.4 is 5.73 Å². The summed E-state index contributed by atoms with van der Waals surface area (Å²) in [5, 5.41) is 6.37. The van der Waals surface area contributed by atoms with Crippen LogP contribution in [-0.4, -0.2) is 16.0 Å². The quantitative estimate of drug-likeness (QED) is 0.569. The van der Waals surface area contributed by atoms with Crippen molar-refractivity contribution in [2.45, 2.75) is 13.5 Å². The molecule has 0 aromatic carbocycles. The second-order valence-corrected chi connectivity index (χ2v) is 2.04. The Morgan fingerprint density at radius 2 is 2.60 bits per heavy atom. The summed E-state index contributed by atoms with van der Waals surface area (Å²) in [7, 11) is 0. The van der Waals surface area contributed by atoms with Crippen LogP contribution in [0.5, 0.6) is 0 Å². The molecular weight excluding hydrogens is 130 g/mol. The van der Waals surface area contributed by atoms with Gasteiger partial charge in [-0.15, -0.1) is 0 Å². The lowest BCUT2D eigenvalue weighted by Crippen LogP contribution is -1.95. The molecule has 0 saturated carbocycles. The lowest BCUT2D eigenvalue weighted by atomic mass is 10.3. The predicted molar refractivity (Wildman–Crippen MR) is 36.5 cm³/mol. The fourth-order valence-electron chi connectivity index (χ4n) is 0.647. The van der Waals surface area contributed by atoms with Crippen molar-refractivity contribution in [1.82, 2.24) is 10.2 Å². The molecule has 54 valence electrons. The Bertz CT molecular complexity index is 241. The van der Waals surface area contributed by atoms with E-state index in [1.165, 1.54) is 6.92 Å². The van der Waals surface area contributed by atoms with E-state index in [9.17, 15) is 4.79 Å². The van der Waals surface area contributed by atoms with Gasteiger partial charge >= 0.3 is 0 Å². The van der Waals surface area contributed by atoms with Gasteiger partial charge in [-0.2, -0.15) is 5.10 Å². The van der Waals surface area contributed by atoms with Crippen LogP contribution >= 0.6 is 0 Å². The highest BCUT2D eigenvalue weighted by molar-refractivity contribution is 5.92. The molecule has 1 aromatic heterocycles. The van der Waals surface area contributed by atoms with Gasteiger partial charge in [0.05, 0.1) is 0 Å². The number of ketones is 1. The van der Waals surface area contributed by atoms with Crippen LogP contribution in [0, 0.1) is 0 Å². The summed E-state index contributed by atoms with van der Waals surface area (Å²) in [4.78, 5) is 10.7. The number of aromatic nitrogens is 2. The first-order valence-electron chi connectivity index (χ1n) is 2.99. The van der Waals surface area contributed by atoms with E-state index in [0.29, 0.717) is 12.2 Å². The summed E-state index contributed by atoms with van der Waals surface area (Å²) in [6.45, 7) is 1.86. The highest BCUT2D eigenvalue weighted by atomic mass is 16.1. The van der Waals surface area contributed by atoms with Gasteiger partial charge in [0.2, 0.25) is 0 Å². The van der Waals surface area contributed by atoms with Crippen molar-refractivity contribution in [3.05, 3.63) is 17.5 Å². The third kappa shape index (κ3) is 1.22. The average Bonchev–Trinajstić information content (AvgIpc) is 2.34. The van der Waals surface area contributed by atoms with Crippen LogP contribution in [0.1, 0.15) is 23.1 Å². The summed E-state index contributed by atoms with van der Waals surface area (Å²) in [6, 6.07) is 1.66. The van der Waals surface area contributed by atoms with Crippen molar-refractivity contribution in [1.29, 1.82) is 0 Å². The van der Waals surface area contributed by atoms with E-state index in [2.05, 4.69) is 10.2 Å². The topological polar surface area (TPSA) is 71.8 Å². The molecule has 1 heterocycles. The van der Waals surface area contributed by atoms with Gasteiger partial charge in [-0.1, -0.05) is 0 Å². The van der Waals surface area contributed by atoms with Gasteiger partial charge in [-0.05, 0) is 6.07 Å². The molecular formula is C6H9N3O. The molecule has 0 saturated heterocycles. The average molecular weight is 139 g/mol. The number of nitrogens with zero attached hydrogens (tertiary/aromatic N) is 1. The molecule has 4 heteroatoms. The number of Topliss-reactive ketones (excluding diaryl/α,β-unsaturated/α-hetero) is 1. The molecule has 0 amide bonds. The largest absolute Gasteiger partial charge is 0.325 e.